The van der Waals surface area contributed by atoms with Gasteiger partial charge in [-0.1, -0.05) is 12.1 Å². The highest BCUT2D eigenvalue weighted by Crippen LogP contribution is 2.19. The van der Waals surface area contributed by atoms with Gasteiger partial charge < -0.3 is 20.7 Å². The van der Waals surface area contributed by atoms with Crippen LogP contribution in [0.25, 0.3) is 0 Å². The van der Waals surface area contributed by atoms with Gasteiger partial charge in [-0.2, -0.15) is 0 Å². The van der Waals surface area contributed by atoms with Crippen LogP contribution in [0.15, 0.2) is 66.9 Å². The lowest BCUT2D eigenvalue weighted by Gasteiger charge is -2.11. The number of carbonyl (C=O) groups is 2. The van der Waals surface area contributed by atoms with Crippen LogP contribution in [0.3, 0.4) is 0 Å². The van der Waals surface area contributed by atoms with Crippen LogP contribution < -0.4 is 20.7 Å². The van der Waals surface area contributed by atoms with Gasteiger partial charge in [-0.05, 0) is 54.1 Å². The van der Waals surface area contributed by atoms with Crippen molar-refractivity contribution in [3.8, 4) is 5.88 Å². The molecule has 8 heteroatoms. The van der Waals surface area contributed by atoms with Crippen molar-refractivity contribution in [2.24, 2.45) is 0 Å². The Hall–Kier alpha value is -3.94. The predicted molar refractivity (Wildman–Crippen MR) is 107 cm³/mol. The van der Waals surface area contributed by atoms with E-state index in [0.29, 0.717) is 22.8 Å². The third-order valence-corrected chi connectivity index (χ3v) is 3.96. The van der Waals surface area contributed by atoms with E-state index in [0.717, 1.165) is 5.56 Å². The van der Waals surface area contributed by atoms with Gasteiger partial charge in [0.1, 0.15) is 11.5 Å². The van der Waals surface area contributed by atoms with E-state index in [2.05, 4.69) is 20.9 Å². The molecule has 0 bridgehead atoms. The first-order chi connectivity index (χ1) is 14.0. The molecule has 3 amide bonds. The van der Waals surface area contributed by atoms with Crippen LogP contribution >= 0.6 is 0 Å². The smallest absolute Gasteiger partial charge is 0.319 e. The summed E-state index contributed by atoms with van der Waals surface area (Å²) in [4.78, 5) is 28.4. The molecule has 0 radical (unpaired) electrons. The van der Waals surface area contributed by atoms with Gasteiger partial charge in [-0.3, -0.25) is 4.79 Å². The van der Waals surface area contributed by atoms with Gasteiger partial charge in [0.25, 0.3) is 5.91 Å². The number of ether oxygens (including phenoxy) is 1. The number of pyridine rings is 1. The van der Waals surface area contributed by atoms with E-state index in [9.17, 15) is 14.0 Å². The summed E-state index contributed by atoms with van der Waals surface area (Å²) in [6, 6.07) is 15.3. The Kier molecular flexibility index (Phi) is 6.36. The molecular weight excluding hydrogens is 375 g/mol. The number of nitrogens with one attached hydrogen (secondary N) is 3. The molecule has 1 aromatic heterocycles. The average molecular weight is 394 g/mol. The minimum atomic E-state index is -0.419. The van der Waals surface area contributed by atoms with Crippen molar-refractivity contribution in [3.63, 3.8) is 0 Å². The molecule has 0 saturated heterocycles. The number of urea groups is 1. The van der Waals surface area contributed by atoms with Crippen LogP contribution in [-0.2, 0) is 6.54 Å². The number of amides is 3. The second kappa shape index (κ2) is 9.32. The first kappa shape index (κ1) is 19.8. The first-order valence-corrected chi connectivity index (χ1v) is 8.75. The molecule has 2 aromatic carbocycles. The summed E-state index contributed by atoms with van der Waals surface area (Å²) in [5.41, 5.74) is 2.15. The van der Waals surface area contributed by atoms with E-state index in [1.807, 2.05) is 6.07 Å². The van der Waals surface area contributed by atoms with E-state index < -0.39 is 11.8 Å². The van der Waals surface area contributed by atoms with Gasteiger partial charge in [0, 0.05) is 24.0 Å². The second-order valence-electron chi connectivity index (χ2n) is 6.03. The molecular formula is C21H19FN4O3. The van der Waals surface area contributed by atoms with Crippen molar-refractivity contribution in [2.75, 3.05) is 17.7 Å². The summed E-state index contributed by atoms with van der Waals surface area (Å²) in [7, 11) is 1.47. The summed E-state index contributed by atoms with van der Waals surface area (Å²) in [5.74, 6) is -0.443. The number of benzene rings is 2. The van der Waals surface area contributed by atoms with Crippen molar-refractivity contribution in [2.45, 2.75) is 6.54 Å². The summed E-state index contributed by atoms with van der Waals surface area (Å²) in [6.45, 7) is 0.245. The van der Waals surface area contributed by atoms with E-state index in [1.54, 1.807) is 36.5 Å². The number of methoxy groups -OCH3 is 1. The first-order valence-electron chi connectivity index (χ1n) is 8.75. The van der Waals surface area contributed by atoms with Gasteiger partial charge in [0.05, 0.1) is 7.11 Å². The normalized spacial score (nSPS) is 10.1. The molecule has 0 saturated carbocycles. The highest BCUT2D eigenvalue weighted by Gasteiger charge is 2.09. The fourth-order valence-electron chi connectivity index (χ4n) is 2.56. The molecule has 3 aromatic rings. The maximum Gasteiger partial charge on any atom is 0.319 e. The average Bonchev–Trinajstić information content (AvgIpc) is 2.73. The maximum absolute atomic E-state index is 13.0. The zero-order chi connectivity index (χ0) is 20.6. The third kappa shape index (κ3) is 5.52. The number of nitrogens with zero attached hydrogens (tertiary/aromatic N) is 1. The zero-order valence-electron chi connectivity index (χ0n) is 15.6. The monoisotopic (exact) mass is 394 g/mol. The molecule has 7 nitrogen and oxygen atoms in total. The van der Waals surface area contributed by atoms with E-state index in [4.69, 9.17) is 4.74 Å². The lowest BCUT2D eigenvalue weighted by atomic mass is 10.1. The quantitative estimate of drug-likeness (QED) is 0.593. The van der Waals surface area contributed by atoms with Gasteiger partial charge >= 0.3 is 6.03 Å². The molecule has 0 aliphatic carbocycles. The number of hydrogen-bond donors (Lipinski definition) is 3. The van der Waals surface area contributed by atoms with Crippen molar-refractivity contribution >= 4 is 23.3 Å². The van der Waals surface area contributed by atoms with Crippen molar-refractivity contribution in [3.05, 3.63) is 83.8 Å². The maximum atomic E-state index is 13.0. The van der Waals surface area contributed by atoms with Crippen LogP contribution in [0.1, 0.15) is 15.9 Å². The predicted octanol–water partition coefficient (Wildman–Crippen LogP) is 3.80. The Balaban J connectivity index is 1.57. The van der Waals surface area contributed by atoms with E-state index in [-0.39, 0.29) is 12.5 Å². The third-order valence-electron chi connectivity index (χ3n) is 3.96. The molecule has 0 spiro atoms. The minimum Gasteiger partial charge on any atom is -0.480 e. The van der Waals surface area contributed by atoms with Crippen LogP contribution in [0.2, 0.25) is 0 Å². The Bertz CT molecular complexity index is 1010. The molecule has 3 N–H and O–H groups in total. The molecule has 0 fully saturated rings. The van der Waals surface area contributed by atoms with E-state index in [1.165, 1.54) is 31.4 Å². The zero-order valence-corrected chi connectivity index (χ0v) is 15.6. The highest BCUT2D eigenvalue weighted by atomic mass is 19.1. The number of hydrogen-bond acceptors (Lipinski definition) is 4. The Morgan fingerprint density at radius 1 is 1.03 bits per heavy atom. The number of aromatic nitrogens is 1. The molecule has 0 aliphatic heterocycles. The molecule has 3 rings (SSSR count). The van der Waals surface area contributed by atoms with Crippen molar-refractivity contribution in [1.82, 2.24) is 10.3 Å². The molecule has 1 heterocycles. The lowest BCUT2D eigenvalue weighted by molar-refractivity contribution is 0.102. The largest absolute Gasteiger partial charge is 0.480 e. The van der Waals surface area contributed by atoms with Crippen LogP contribution in [0.4, 0.5) is 20.6 Å². The SMILES string of the molecule is COc1ncccc1NC(=O)NCc1cccc(NC(=O)c2ccc(F)cc2)c1. The van der Waals surface area contributed by atoms with Gasteiger partial charge in [0.2, 0.25) is 5.88 Å². The minimum absolute atomic E-state index is 0.245. The van der Waals surface area contributed by atoms with Crippen LogP contribution in [-0.4, -0.2) is 24.0 Å². The summed E-state index contributed by atoms with van der Waals surface area (Å²) in [5, 5.41) is 8.14. The number of carbonyl (C=O) groups excluding carboxylic acids is 2. The Morgan fingerprint density at radius 3 is 2.59 bits per heavy atom. The van der Waals surface area contributed by atoms with Crippen molar-refractivity contribution < 1.29 is 18.7 Å². The van der Waals surface area contributed by atoms with Gasteiger partial charge in [0.15, 0.2) is 0 Å². The van der Waals surface area contributed by atoms with Crippen molar-refractivity contribution in [1.29, 1.82) is 0 Å². The number of halogens is 1. The Labute approximate surface area is 166 Å². The van der Waals surface area contributed by atoms with Gasteiger partial charge in [-0.25, -0.2) is 14.2 Å². The van der Waals surface area contributed by atoms with E-state index >= 15 is 0 Å². The second-order valence-corrected chi connectivity index (χ2v) is 6.03. The topological polar surface area (TPSA) is 92.3 Å². The fourth-order valence-corrected chi connectivity index (χ4v) is 2.56. The fraction of sp³-hybridized carbons (Fsp3) is 0.0952. The van der Waals surface area contributed by atoms with Crippen LogP contribution in [0, 0.1) is 5.82 Å². The Morgan fingerprint density at radius 2 is 1.83 bits per heavy atom. The molecule has 0 unspecified atom stereocenters. The molecule has 29 heavy (non-hydrogen) atoms. The number of rotatable bonds is 6. The summed E-state index contributed by atoms with van der Waals surface area (Å²) >= 11 is 0. The molecule has 148 valence electrons. The highest BCUT2D eigenvalue weighted by molar-refractivity contribution is 6.04. The standard InChI is InChI=1S/C21H19FN4O3/c1-29-20-18(6-3-11-23-20)26-21(28)24-13-14-4-2-5-17(12-14)25-19(27)15-7-9-16(22)10-8-15/h2-12H,13H2,1H3,(H,25,27)(H2,24,26,28). The van der Waals surface area contributed by atoms with Gasteiger partial charge in [-0.15, -0.1) is 0 Å². The summed E-state index contributed by atoms with van der Waals surface area (Å²) in [6.07, 6.45) is 1.56. The number of anilines is 2. The summed E-state index contributed by atoms with van der Waals surface area (Å²) < 4.78 is 18.1. The van der Waals surface area contributed by atoms with Crippen LogP contribution in [0.5, 0.6) is 5.88 Å². The molecule has 0 atom stereocenters. The lowest BCUT2D eigenvalue weighted by Crippen LogP contribution is -2.28. The molecule has 0 aliphatic rings.